The van der Waals surface area contributed by atoms with Crippen LogP contribution in [-0.2, 0) is 14.8 Å². The van der Waals surface area contributed by atoms with E-state index >= 15 is 0 Å². The maximum atomic E-state index is 12.4. The first-order chi connectivity index (χ1) is 10.0. The molecule has 0 aromatic heterocycles. The third kappa shape index (κ3) is 4.28. The molecule has 0 spiro atoms. The third-order valence-corrected chi connectivity index (χ3v) is 5.23. The second kappa shape index (κ2) is 7.04. The van der Waals surface area contributed by atoms with Crippen LogP contribution in [0.25, 0.3) is 0 Å². The maximum Gasteiger partial charge on any atom is 0.241 e. The zero-order valence-electron chi connectivity index (χ0n) is 12.3. The smallest absolute Gasteiger partial charge is 0.241 e. The van der Waals surface area contributed by atoms with Gasteiger partial charge in [-0.15, -0.1) is 0 Å². The van der Waals surface area contributed by atoms with Gasteiger partial charge >= 0.3 is 0 Å². The van der Waals surface area contributed by atoms with Crippen LogP contribution in [0.5, 0.6) is 0 Å². The predicted octanol–water partition coefficient (Wildman–Crippen LogP) is 1.76. The van der Waals surface area contributed by atoms with Crippen molar-refractivity contribution in [3.05, 3.63) is 30.3 Å². The molecular weight excluding hydrogens is 288 g/mol. The van der Waals surface area contributed by atoms with Crippen LogP contribution >= 0.6 is 0 Å². The number of amides is 1. The fraction of sp³-hybridized carbons (Fsp3) is 0.533. The van der Waals surface area contributed by atoms with Crippen molar-refractivity contribution in [1.29, 1.82) is 0 Å². The van der Waals surface area contributed by atoms with Gasteiger partial charge in [-0.3, -0.25) is 4.79 Å². The molecule has 0 aliphatic carbocycles. The van der Waals surface area contributed by atoms with E-state index in [9.17, 15) is 13.2 Å². The summed E-state index contributed by atoms with van der Waals surface area (Å²) in [5.74, 6) is -0.142. The van der Waals surface area contributed by atoms with Crippen molar-refractivity contribution in [2.75, 3.05) is 13.1 Å². The van der Waals surface area contributed by atoms with Gasteiger partial charge in [0.25, 0.3) is 0 Å². The SMILES string of the molecule is C[C@@H](NS(=O)(=O)c1ccccc1)C(=O)N1CCCCCC1. The minimum Gasteiger partial charge on any atom is -0.341 e. The highest BCUT2D eigenvalue weighted by Crippen LogP contribution is 2.12. The summed E-state index contributed by atoms with van der Waals surface area (Å²) in [6.45, 7) is 3.04. The van der Waals surface area contributed by atoms with Gasteiger partial charge in [0.05, 0.1) is 10.9 Å². The van der Waals surface area contributed by atoms with Gasteiger partial charge in [0, 0.05) is 13.1 Å². The summed E-state index contributed by atoms with van der Waals surface area (Å²) >= 11 is 0. The summed E-state index contributed by atoms with van der Waals surface area (Å²) in [5.41, 5.74) is 0. The molecule has 1 fully saturated rings. The van der Waals surface area contributed by atoms with E-state index in [4.69, 9.17) is 0 Å². The Morgan fingerprint density at radius 1 is 1.10 bits per heavy atom. The normalized spacial score (nSPS) is 18.0. The highest BCUT2D eigenvalue weighted by atomic mass is 32.2. The fourth-order valence-electron chi connectivity index (χ4n) is 2.52. The van der Waals surface area contributed by atoms with Crippen LogP contribution in [0.3, 0.4) is 0 Å². The number of hydrogen-bond donors (Lipinski definition) is 1. The van der Waals surface area contributed by atoms with Gasteiger partial charge in [-0.25, -0.2) is 8.42 Å². The molecule has 5 nitrogen and oxygen atoms in total. The average molecular weight is 310 g/mol. The standard InChI is InChI=1S/C15H22N2O3S/c1-13(15(18)17-11-7-2-3-8-12-17)16-21(19,20)14-9-5-4-6-10-14/h4-6,9-10,13,16H,2-3,7-8,11-12H2,1H3/t13-/m1/s1. The van der Waals surface area contributed by atoms with Crippen LogP contribution in [0.1, 0.15) is 32.6 Å². The molecule has 2 rings (SSSR count). The first kappa shape index (κ1) is 16.0. The molecule has 1 aliphatic rings. The van der Waals surface area contributed by atoms with Crippen LogP contribution in [0, 0.1) is 0 Å². The zero-order valence-corrected chi connectivity index (χ0v) is 13.1. The third-order valence-electron chi connectivity index (χ3n) is 3.67. The van der Waals surface area contributed by atoms with Crippen LogP contribution in [0.2, 0.25) is 0 Å². The second-order valence-corrected chi connectivity index (χ2v) is 7.11. The summed E-state index contributed by atoms with van der Waals surface area (Å²) in [7, 11) is -3.65. The molecule has 1 aromatic carbocycles. The number of rotatable bonds is 4. The van der Waals surface area contributed by atoms with Crippen LogP contribution in [0.15, 0.2) is 35.2 Å². The van der Waals surface area contributed by atoms with Gasteiger partial charge in [0.1, 0.15) is 0 Å². The van der Waals surface area contributed by atoms with Crippen molar-refractivity contribution in [2.45, 2.75) is 43.5 Å². The molecule has 116 valence electrons. The summed E-state index contributed by atoms with van der Waals surface area (Å²) < 4.78 is 26.9. The van der Waals surface area contributed by atoms with Gasteiger partial charge in [-0.1, -0.05) is 31.0 Å². The molecule has 1 N–H and O–H groups in total. The Labute approximate surface area is 126 Å². The van der Waals surface area contributed by atoms with E-state index in [1.165, 1.54) is 12.1 Å². The first-order valence-corrected chi connectivity index (χ1v) is 8.85. The Morgan fingerprint density at radius 2 is 1.67 bits per heavy atom. The summed E-state index contributed by atoms with van der Waals surface area (Å²) in [4.78, 5) is 14.3. The Morgan fingerprint density at radius 3 is 2.24 bits per heavy atom. The summed E-state index contributed by atoms with van der Waals surface area (Å²) in [6, 6.07) is 7.38. The van der Waals surface area contributed by atoms with Crippen LogP contribution in [-0.4, -0.2) is 38.4 Å². The Balaban J connectivity index is 2.03. The van der Waals surface area contributed by atoms with E-state index in [-0.39, 0.29) is 10.8 Å². The Hall–Kier alpha value is -1.40. The topological polar surface area (TPSA) is 66.5 Å². The summed E-state index contributed by atoms with van der Waals surface area (Å²) in [6.07, 6.45) is 4.25. The van der Waals surface area contributed by atoms with E-state index < -0.39 is 16.1 Å². The van der Waals surface area contributed by atoms with Gasteiger partial charge in [-0.05, 0) is 31.9 Å². The minimum atomic E-state index is -3.65. The zero-order chi connectivity index (χ0) is 15.3. The molecule has 1 aliphatic heterocycles. The van der Waals surface area contributed by atoms with E-state index in [1.54, 1.807) is 30.0 Å². The molecule has 1 saturated heterocycles. The molecule has 1 heterocycles. The monoisotopic (exact) mass is 310 g/mol. The maximum absolute atomic E-state index is 12.4. The molecule has 21 heavy (non-hydrogen) atoms. The average Bonchev–Trinajstić information content (AvgIpc) is 2.76. The van der Waals surface area contributed by atoms with Gasteiger partial charge in [0.15, 0.2) is 0 Å². The largest absolute Gasteiger partial charge is 0.341 e. The Kier molecular flexibility index (Phi) is 5.36. The molecule has 0 unspecified atom stereocenters. The number of nitrogens with zero attached hydrogens (tertiary/aromatic N) is 1. The quantitative estimate of drug-likeness (QED) is 0.921. The molecule has 0 radical (unpaired) electrons. The van der Waals surface area contributed by atoms with Gasteiger partial charge < -0.3 is 4.90 Å². The van der Waals surface area contributed by atoms with Crippen molar-refractivity contribution in [3.63, 3.8) is 0 Å². The molecular formula is C15H22N2O3S. The van der Waals surface area contributed by atoms with Crippen molar-refractivity contribution in [3.8, 4) is 0 Å². The molecule has 1 amide bonds. The lowest BCUT2D eigenvalue weighted by molar-refractivity contribution is -0.132. The lowest BCUT2D eigenvalue weighted by Crippen LogP contribution is -2.47. The lowest BCUT2D eigenvalue weighted by atomic mass is 10.2. The predicted molar refractivity (Wildman–Crippen MR) is 81.3 cm³/mol. The molecule has 1 atom stereocenters. The number of carbonyl (C=O) groups is 1. The number of benzene rings is 1. The van der Waals surface area contributed by atoms with E-state index in [2.05, 4.69) is 4.72 Å². The number of likely N-dealkylation sites (tertiary alicyclic amines) is 1. The molecule has 6 heteroatoms. The number of sulfonamides is 1. The second-order valence-electron chi connectivity index (χ2n) is 5.40. The highest BCUT2D eigenvalue weighted by molar-refractivity contribution is 7.89. The molecule has 0 bridgehead atoms. The van der Waals surface area contributed by atoms with E-state index in [0.717, 1.165) is 38.8 Å². The van der Waals surface area contributed by atoms with Crippen LogP contribution in [0.4, 0.5) is 0 Å². The van der Waals surface area contributed by atoms with Gasteiger partial charge in [0.2, 0.25) is 15.9 Å². The van der Waals surface area contributed by atoms with Crippen LogP contribution < -0.4 is 4.72 Å². The van der Waals surface area contributed by atoms with Crippen molar-refractivity contribution >= 4 is 15.9 Å². The van der Waals surface area contributed by atoms with Crippen molar-refractivity contribution in [1.82, 2.24) is 9.62 Å². The lowest BCUT2D eigenvalue weighted by Gasteiger charge is -2.24. The fourth-order valence-corrected chi connectivity index (χ4v) is 3.73. The van der Waals surface area contributed by atoms with E-state index in [1.807, 2.05) is 0 Å². The van der Waals surface area contributed by atoms with E-state index in [0.29, 0.717) is 0 Å². The molecule has 0 saturated carbocycles. The highest BCUT2D eigenvalue weighted by Gasteiger charge is 2.26. The van der Waals surface area contributed by atoms with Crippen molar-refractivity contribution in [2.24, 2.45) is 0 Å². The number of hydrogen-bond acceptors (Lipinski definition) is 3. The number of nitrogens with one attached hydrogen (secondary N) is 1. The first-order valence-electron chi connectivity index (χ1n) is 7.37. The van der Waals surface area contributed by atoms with Crippen molar-refractivity contribution < 1.29 is 13.2 Å². The Bertz CT molecular complexity index is 564. The van der Waals surface area contributed by atoms with Gasteiger partial charge in [-0.2, -0.15) is 4.72 Å². The number of carbonyl (C=O) groups excluding carboxylic acids is 1. The minimum absolute atomic E-state index is 0.142. The summed E-state index contributed by atoms with van der Waals surface area (Å²) in [5, 5.41) is 0. The molecule has 1 aromatic rings.